The summed E-state index contributed by atoms with van der Waals surface area (Å²) in [5.74, 6) is 0. The van der Waals surface area contributed by atoms with E-state index in [-0.39, 0.29) is 10.6 Å². The first-order valence-corrected chi connectivity index (χ1v) is 8.24. The second-order valence-corrected chi connectivity index (χ2v) is 7.06. The Morgan fingerprint density at radius 2 is 1.95 bits per heavy atom. The van der Waals surface area contributed by atoms with Crippen molar-refractivity contribution in [3.63, 3.8) is 0 Å². The van der Waals surface area contributed by atoms with Crippen LogP contribution in [0.4, 0.5) is 5.69 Å². The van der Waals surface area contributed by atoms with Gasteiger partial charge in [-0.2, -0.15) is 4.31 Å². The van der Waals surface area contributed by atoms with Crippen molar-refractivity contribution in [2.24, 2.45) is 0 Å². The fourth-order valence-corrected chi connectivity index (χ4v) is 4.18. The number of benzene rings is 1. The van der Waals surface area contributed by atoms with Gasteiger partial charge in [0.05, 0.1) is 9.82 Å². The van der Waals surface area contributed by atoms with Crippen LogP contribution in [-0.2, 0) is 10.0 Å². The van der Waals surface area contributed by atoms with Gasteiger partial charge < -0.3 is 5.32 Å². The molecule has 2 rings (SSSR count). The molecule has 1 heterocycles. The summed E-state index contributed by atoms with van der Waals surface area (Å²) in [6.07, 6.45) is 0.728. The Balaban J connectivity index is 2.50. The van der Waals surface area contributed by atoms with Gasteiger partial charge in [0, 0.05) is 31.8 Å². The Morgan fingerprint density at radius 1 is 1.24 bits per heavy atom. The van der Waals surface area contributed by atoms with Crippen LogP contribution in [0.1, 0.15) is 17.5 Å². The van der Waals surface area contributed by atoms with Gasteiger partial charge >= 0.3 is 0 Å². The van der Waals surface area contributed by atoms with Crippen LogP contribution in [0, 0.1) is 24.0 Å². The van der Waals surface area contributed by atoms with E-state index in [9.17, 15) is 18.5 Å². The number of nitrogens with zero attached hydrogens (tertiary/aromatic N) is 2. The van der Waals surface area contributed by atoms with Gasteiger partial charge in [0.25, 0.3) is 5.69 Å². The van der Waals surface area contributed by atoms with Crippen LogP contribution in [0.5, 0.6) is 0 Å². The molecule has 0 radical (unpaired) electrons. The normalized spacial score (nSPS) is 17.4. The van der Waals surface area contributed by atoms with Crippen molar-refractivity contribution >= 4 is 15.7 Å². The lowest BCUT2D eigenvalue weighted by atomic mass is 10.1. The number of aryl methyl sites for hydroxylation is 1. The zero-order valence-corrected chi connectivity index (χ0v) is 12.9. The molecule has 7 nitrogen and oxygen atoms in total. The van der Waals surface area contributed by atoms with Crippen LogP contribution in [0.25, 0.3) is 0 Å². The Morgan fingerprint density at radius 3 is 2.62 bits per heavy atom. The van der Waals surface area contributed by atoms with Gasteiger partial charge in [0.15, 0.2) is 0 Å². The Kier molecular flexibility index (Phi) is 4.60. The summed E-state index contributed by atoms with van der Waals surface area (Å²) in [5.41, 5.74) is 0.984. The number of hydrogen-bond donors (Lipinski definition) is 1. The molecule has 0 bridgehead atoms. The second-order valence-electron chi connectivity index (χ2n) is 5.15. The van der Waals surface area contributed by atoms with Gasteiger partial charge in [-0.05, 0) is 37.9 Å². The monoisotopic (exact) mass is 313 g/mol. The molecule has 0 spiro atoms. The molecule has 116 valence electrons. The van der Waals surface area contributed by atoms with E-state index in [0.29, 0.717) is 30.8 Å². The predicted molar refractivity (Wildman–Crippen MR) is 78.8 cm³/mol. The van der Waals surface area contributed by atoms with Crippen molar-refractivity contribution in [3.8, 4) is 0 Å². The molecule has 1 aliphatic heterocycles. The summed E-state index contributed by atoms with van der Waals surface area (Å²) in [7, 11) is -3.71. The van der Waals surface area contributed by atoms with Crippen molar-refractivity contribution in [2.75, 3.05) is 26.2 Å². The van der Waals surface area contributed by atoms with E-state index in [1.807, 2.05) is 0 Å². The lowest BCUT2D eigenvalue weighted by molar-refractivity contribution is -0.385. The SMILES string of the molecule is Cc1cc([N+](=O)[O-])cc(S(=O)(=O)N2CCCNCC2)c1C. The van der Waals surface area contributed by atoms with Gasteiger partial charge in [-0.3, -0.25) is 10.1 Å². The van der Waals surface area contributed by atoms with Crippen LogP contribution in [-0.4, -0.2) is 43.8 Å². The maximum atomic E-state index is 12.8. The molecule has 0 amide bonds. The molecule has 1 saturated heterocycles. The smallest absolute Gasteiger partial charge is 0.271 e. The number of non-ortho nitro benzene ring substituents is 1. The highest BCUT2D eigenvalue weighted by Crippen LogP contribution is 2.28. The minimum atomic E-state index is -3.71. The fourth-order valence-electron chi connectivity index (χ4n) is 2.38. The number of hydrogen-bond acceptors (Lipinski definition) is 5. The van der Waals surface area contributed by atoms with Crippen molar-refractivity contribution < 1.29 is 13.3 Å². The van der Waals surface area contributed by atoms with Crippen LogP contribution >= 0.6 is 0 Å². The summed E-state index contributed by atoms with van der Waals surface area (Å²) >= 11 is 0. The Hall–Kier alpha value is -1.51. The number of rotatable bonds is 3. The zero-order valence-electron chi connectivity index (χ0n) is 12.1. The largest absolute Gasteiger partial charge is 0.315 e. The van der Waals surface area contributed by atoms with Gasteiger partial charge in [-0.15, -0.1) is 0 Å². The zero-order chi connectivity index (χ0) is 15.6. The topological polar surface area (TPSA) is 92.5 Å². The number of nitro benzene ring substituents is 1. The molecule has 1 N–H and O–H groups in total. The molecule has 21 heavy (non-hydrogen) atoms. The third kappa shape index (κ3) is 3.22. The summed E-state index contributed by atoms with van der Waals surface area (Å²) in [6, 6.07) is 2.56. The number of nitrogens with one attached hydrogen (secondary N) is 1. The van der Waals surface area contributed by atoms with Gasteiger partial charge in [0.1, 0.15) is 0 Å². The van der Waals surface area contributed by atoms with Crippen molar-refractivity contribution in [2.45, 2.75) is 25.2 Å². The maximum Gasteiger partial charge on any atom is 0.271 e. The first kappa shape index (κ1) is 15.9. The van der Waals surface area contributed by atoms with E-state index in [1.165, 1.54) is 10.4 Å². The molecule has 0 saturated carbocycles. The minimum Gasteiger partial charge on any atom is -0.315 e. The van der Waals surface area contributed by atoms with E-state index < -0.39 is 14.9 Å². The lowest BCUT2D eigenvalue weighted by Gasteiger charge is -2.21. The summed E-state index contributed by atoms with van der Waals surface area (Å²) in [5, 5.41) is 14.1. The molecule has 1 aromatic rings. The molecule has 1 fully saturated rings. The standard InChI is InChI=1S/C13H19N3O4S/c1-10-8-12(16(17)18)9-13(11(10)2)21(19,20)15-6-3-4-14-5-7-15/h8-9,14H,3-7H2,1-2H3. The highest BCUT2D eigenvalue weighted by molar-refractivity contribution is 7.89. The van der Waals surface area contributed by atoms with E-state index in [2.05, 4.69) is 5.32 Å². The average molecular weight is 313 g/mol. The summed E-state index contributed by atoms with van der Waals surface area (Å²) in [4.78, 5) is 10.4. The van der Waals surface area contributed by atoms with Crippen molar-refractivity contribution in [1.82, 2.24) is 9.62 Å². The van der Waals surface area contributed by atoms with E-state index in [0.717, 1.165) is 19.0 Å². The van der Waals surface area contributed by atoms with Crippen molar-refractivity contribution in [3.05, 3.63) is 33.4 Å². The van der Waals surface area contributed by atoms with E-state index in [4.69, 9.17) is 0 Å². The molecule has 1 aliphatic rings. The average Bonchev–Trinajstić information content (AvgIpc) is 2.70. The first-order chi connectivity index (χ1) is 9.84. The van der Waals surface area contributed by atoms with Crippen LogP contribution in [0.15, 0.2) is 17.0 Å². The molecule has 1 aromatic carbocycles. The molecular weight excluding hydrogens is 294 g/mol. The van der Waals surface area contributed by atoms with E-state index in [1.54, 1.807) is 13.8 Å². The number of sulfonamides is 1. The molecule has 0 aromatic heterocycles. The quantitative estimate of drug-likeness (QED) is 0.668. The number of nitro groups is 1. The first-order valence-electron chi connectivity index (χ1n) is 6.80. The van der Waals surface area contributed by atoms with Crippen molar-refractivity contribution in [1.29, 1.82) is 0 Å². The molecule has 0 atom stereocenters. The van der Waals surface area contributed by atoms with Crippen LogP contribution in [0.2, 0.25) is 0 Å². The summed E-state index contributed by atoms with van der Waals surface area (Å²) in [6.45, 7) is 5.54. The maximum absolute atomic E-state index is 12.8. The molecule has 0 aliphatic carbocycles. The van der Waals surface area contributed by atoms with Gasteiger partial charge in [-0.25, -0.2) is 8.42 Å². The Bertz CT molecular complexity index is 650. The molecule has 0 unspecified atom stereocenters. The van der Waals surface area contributed by atoms with Gasteiger partial charge in [-0.1, -0.05) is 0 Å². The molecule has 8 heteroatoms. The third-order valence-electron chi connectivity index (χ3n) is 3.73. The highest BCUT2D eigenvalue weighted by Gasteiger charge is 2.29. The Labute approximate surface area is 124 Å². The van der Waals surface area contributed by atoms with E-state index >= 15 is 0 Å². The highest BCUT2D eigenvalue weighted by atomic mass is 32.2. The minimum absolute atomic E-state index is 0.0381. The summed E-state index contributed by atoms with van der Waals surface area (Å²) < 4.78 is 26.9. The van der Waals surface area contributed by atoms with Crippen LogP contribution in [0.3, 0.4) is 0 Å². The van der Waals surface area contributed by atoms with Crippen LogP contribution < -0.4 is 5.32 Å². The predicted octanol–water partition coefficient (Wildman–Crippen LogP) is 1.20. The lowest BCUT2D eigenvalue weighted by Crippen LogP contribution is -2.34. The fraction of sp³-hybridized carbons (Fsp3) is 0.538. The second kappa shape index (κ2) is 6.08. The third-order valence-corrected chi connectivity index (χ3v) is 5.76. The molecular formula is C13H19N3O4S. The van der Waals surface area contributed by atoms with Gasteiger partial charge in [0.2, 0.25) is 10.0 Å².